The van der Waals surface area contributed by atoms with E-state index in [0.717, 1.165) is 12.0 Å². The van der Waals surface area contributed by atoms with E-state index in [9.17, 15) is 4.79 Å². The van der Waals surface area contributed by atoms with Crippen LogP contribution in [0, 0.1) is 0 Å². The lowest BCUT2D eigenvalue weighted by Crippen LogP contribution is -2.22. The summed E-state index contributed by atoms with van der Waals surface area (Å²) in [4.78, 5) is 12.3. The van der Waals surface area contributed by atoms with Gasteiger partial charge in [-0.25, -0.2) is 0 Å². The molecule has 124 valence electrons. The molecule has 1 aromatic rings. The van der Waals surface area contributed by atoms with Crippen molar-refractivity contribution in [2.45, 2.75) is 13.3 Å². The van der Waals surface area contributed by atoms with Gasteiger partial charge in [0.25, 0.3) is 5.91 Å². The predicted molar refractivity (Wildman–Crippen MR) is 106 cm³/mol. The van der Waals surface area contributed by atoms with E-state index >= 15 is 0 Å². The lowest BCUT2D eigenvalue weighted by Gasteiger charge is -2.06. The number of amides is 1. The first-order valence-corrected chi connectivity index (χ1v) is 8.05. The molecule has 0 aromatic heterocycles. The topological polar surface area (TPSA) is 41.1 Å². The zero-order valence-electron chi connectivity index (χ0n) is 13.7. The maximum absolute atomic E-state index is 12.3. The Morgan fingerprint density at radius 1 is 1.25 bits per heavy atom. The van der Waals surface area contributed by atoms with Crippen molar-refractivity contribution in [2.24, 2.45) is 0 Å². The Balaban J connectivity index is 2.71. The van der Waals surface area contributed by atoms with Gasteiger partial charge in [-0.1, -0.05) is 61.3 Å². The first-order chi connectivity index (χ1) is 11.7. The minimum atomic E-state index is -0.175. The fourth-order valence-electron chi connectivity index (χ4n) is 1.83. The highest BCUT2D eigenvalue weighted by Gasteiger charge is 2.05. The minimum absolute atomic E-state index is 0.175. The van der Waals surface area contributed by atoms with Gasteiger partial charge in [0.15, 0.2) is 0 Å². The molecule has 0 aliphatic carbocycles. The summed E-state index contributed by atoms with van der Waals surface area (Å²) >= 11 is 4.67. The van der Waals surface area contributed by atoms with Crippen LogP contribution in [0.5, 0.6) is 0 Å². The molecule has 0 aliphatic heterocycles. The second-order valence-electron chi connectivity index (χ2n) is 4.78. The Morgan fingerprint density at radius 3 is 2.62 bits per heavy atom. The number of hydrogen-bond donors (Lipinski definition) is 2. The molecule has 0 spiro atoms. The predicted octanol–water partition coefficient (Wildman–Crippen LogP) is 4.22. The third-order valence-electron chi connectivity index (χ3n) is 2.99. The van der Waals surface area contributed by atoms with Crippen molar-refractivity contribution >= 4 is 23.6 Å². The average molecular weight is 338 g/mol. The second kappa shape index (κ2) is 11.8. The summed E-state index contributed by atoms with van der Waals surface area (Å²) in [5.74, 6) is -0.175. The number of nitrogens with one attached hydrogen (secondary N) is 2. The molecule has 0 aliphatic rings. The Bertz CT molecular complexity index is 667. The molecule has 2 N–H and O–H groups in total. The highest BCUT2D eigenvalue weighted by Crippen LogP contribution is 2.07. The van der Waals surface area contributed by atoms with E-state index in [2.05, 4.69) is 35.5 Å². The van der Waals surface area contributed by atoms with Crippen LogP contribution in [-0.4, -0.2) is 11.4 Å². The zero-order chi connectivity index (χ0) is 17.6. The lowest BCUT2D eigenvalue weighted by molar-refractivity contribution is 0.0967. The molecule has 0 fully saturated rings. The van der Waals surface area contributed by atoms with Crippen LogP contribution in [0.1, 0.15) is 22.8 Å². The Kier molecular flexibility index (Phi) is 9.50. The van der Waals surface area contributed by atoms with E-state index in [1.807, 2.05) is 49.4 Å². The van der Waals surface area contributed by atoms with Crippen LogP contribution in [0.3, 0.4) is 0 Å². The number of thiocarbonyl (C=S) groups is 1. The van der Waals surface area contributed by atoms with E-state index in [1.54, 1.807) is 24.4 Å². The summed E-state index contributed by atoms with van der Waals surface area (Å²) in [7, 11) is 0. The fourth-order valence-corrected chi connectivity index (χ4v) is 1.91. The minimum Gasteiger partial charge on any atom is -0.359 e. The van der Waals surface area contributed by atoms with Gasteiger partial charge in [0.1, 0.15) is 0 Å². The van der Waals surface area contributed by atoms with Gasteiger partial charge < -0.3 is 10.6 Å². The number of allylic oxidation sites excluding steroid dienone is 7. The van der Waals surface area contributed by atoms with Crippen molar-refractivity contribution in [2.75, 3.05) is 0 Å². The second-order valence-corrected chi connectivity index (χ2v) is 5.02. The molecule has 3 nitrogen and oxygen atoms in total. The van der Waals surface area contributed by atoms with Gasteiger partial charge in [0.05, 0.1) is 5.49 Å². The van der Waals surface area contributed by atoms with E-state index < -0.39 is 0 Å². The summed E-state index contributed by atoms with van der Waals surface area (Å²) in [6, 6.07) is 7.54. The normalized spacial score (nSPS) is 12.0. The van der Waals surface area contributed by atoms with Crippen molar-refractivity contribution in [3.8, 4) is 0 Å². The summed E-state index contributed by atoms with van der Waals surface area (Å²) in [6.45, 7) is 5.62. The van der Waals surface area contributed by atoms with Gasteiger partial charge in [0, 0.05) is 17.5 Å². The molecule has 0 bridgehead atoms. The van der Waals surface area contributed by atoms with Gasteiger partial charge in [-0.05, 0) is 43.2 Å². The molecule has 0 saturated carbocycles. The molecule has 0 radical (unpaired) electrons. The van der Waals surface area contributed by atoms with Crippen LogP contribution in [0.2, 0.25) is 0 Å². The molecule has 1 rings (SSSR count). The number of benzene rings is 1. The molecular weight excluding hydrogens is 316 g/mol. The average Bonchev–Trinajstić information content (AvgIpc) is 2.59. The maximum atomic E-state index is 12.3. The van der Waals surface area contributed by atoms with Gasteiger partial charge in [-0.15, -0.1) is 0 Å². The Labute approximate surface area is 149 Å². The van der Waals surface area contributed by atoms with E-state index in [-0.39, 0.29) is 5.91 Å². The van der Waals surface area contributed by atoms with Crippen molar-refractivity contribution < 1.29 is 4.79 Å². The lowest BCUT2D eigenvalue weighted by atomic mass is 10.1. The molecule has 0 unspecified atom stereocenters. The molecule has 4 heteroatoms. The number of carbonyl (C=O) groups excluding carboxylic acids is 1. The summed E-state index contributed by atoms with van der Waals surface area (Å²) in [5, 5.41) is 5.58. The van der Waals surface area contributed by atoms with E-state index in [0.29, 0.717) is 11.3 Å². The highest BCUT2D eigenvalue weighted by molar-refractivity contribution is 7.78. The number of rotatable bonds is 9. The molecule has 24 heavy (non-hydrogen) atoms. The summed E-state index contributed by atoms with van der Waals surface area (Å²) in [6.07, 6.45) is 15.6. The third-order valence-corrected chi connectivity index (χ3v) is 3.13. The van der Waals surface area contributed by atoms with Crippen LogP contribution in [0.4, 0.5) is 0 Å². The standard InChI is InChI=1S/C20H22N2OS/c1-3-5-6-7-9-17-10-12-18(13-11-17)20(23)22-19(8-4-2)14-15-21-16-24/h3-8,10-16H,2,9H2,1H3,(H,21,24)(H,22,23)/b5-3-,7-6-,15-14+,19-8+. The van der Waals surface area contributed by atoms with E-state index in [4.69, 9.17) is 0 Å². The van der Waals surface area contributed by atoms with Crippen molar-refractivity contribution in [3.63, 3.8) is 0 Å². The Morgan fingerprint density at radius 2 is 2.00 bits per heavy atom. The van der Waals surface area contributed by atoms with Crippen LogP contribution in [0.15, 0.2) is 85.3 Å². The first-order valence-electron chi connectivity index (χ1n) is 7.58. The number of hydrogen-bond acceptors (Lipinski definition) is 2. The highest BCUT2D eigenvalue weighted by atomic mass is 32.1. The third kappa shape index (κ3) is 7.51. The number of carbonyl (C=O) groups is 1. The van der Waals surface area contributed by atoms with Crippen LogP contribution >= 0.6 is 12.2 Å². The van der Waals surface area contributed by atoms with Crippen molar-refractivity contribution in [1.29, 1.82) is 0 Å². The maximum Gasteiger partial charge on any atom is 0.255 e. The quantitative estimate of drug-likeness (QED) is 0.523. The zero-order valence-corrected chi connectivity index (χ0v) is 14.6. The van der Waals surface area contributed by atoms with Gasteiger partial charge >= 0.3 is 0 Å². The van der Waals surface area contributed by atoms with Crippen molar-refractivity contribution in [1.82, 2.24) is 10.6 Å². The molecule has 0 heterocycles. The Hall–Kier alpha value is -2.72. The summed E-state index contributed by atoms with van der Waals surface area (Å²) in [5.41, 5.74) is 3.76. The van der Waals surface area contributed by atoms with Crippen LogP contribution < -0.4 is 10.6 Å². The molecular formula is C20H22N2OS. The van der Waals surface area contributed by atoms with Gasteiger partial charge in [-0.2, -0.15) is 0 Å². The SMILES string of the molecule is C=C/C=C(\C=C\NC=S)NC(=O)c1ccc(C/C=C\C=C/C)cc1. The van der Waals surface area contributed by atoms with Gasteiger partial charge in [-0.3, -0.25) is 4.79 Å². The largest absolute Gasteiger partial charge is 0.359 e. The molecule has 1 amide bonds. The molecule has 1 aromatic carbocycles. The molecule has 0 saturated heterocycles. The smallest absolute Gasteiger partial charge is 0.255 e. The molecule has 0 atom stereocenters. The first kappa shape index (κ1) is 19.3. The van der Waals surface area contributed by atoms with Crippen LogP contribution in [-0.2, 0) is 6.42 Å². The van der Waals surface area contributed by atoms with E-state index in [1.165, 1.54) is 5.49 Å². The summed E-state index contributed by atoms with van der Waals surface area (Å²) < 4.78 is 0. The van der Waals surface area contributed by atoms with Gasteiger partial charge in [0.2, 0.25) is 0 Å². The van der Waals surface area contributed by atoms with Crippen molar-refractivity contribution in [3.05, 3.63) is 96.4 Å². The monoisotopic (exact) mass is 338 g/mol. The van der Waals surface area contributed by atoms with Crippen LogP contribution in [0.25, 0.3) is 0 Å². The fraction of sp³-hybridized carbons (Fsp3) is 0.100.